The first-order valence-corrected chi connectivity index (χ1v) is 6.76. The molecule has 1 rings (SSSR count). The first kappa shape index (κ1) is 14.2. The third-order valence-electron chi connectivity index (χ3n) is 2.51. The van der Waals surface area contributed by atoms with E-state index in [4.69, 9.17) is 22.4 Å². The summed E-state index contributed by atoms with van der Waals surface area (Å²) in [7, 11) is -2.31. The van der Waals surface area contributed by atoms with Gasteiger partial charge in [-0.15, -0.1) is 0 Å². The number of halogens is 1. The molecule has 7 heteroatoms. The molecule has 5 nitrogen and oxygen atoms in total. The van der Waals surface area contributed by atoms with Crippen LogP contribution in [0.15, 0.2) is 23.1 Å². The Morgan fingerprint density at radius 3 is 2.59 bits per heavy atom. The summed E-state index contributed by atoms with van der Waals surface area (Å²) in [5.41, 5.74) is 5.73. The molecule has 0 aliphatic heterocycles. The fourth-order valence-corrected chi connectivity index (χ4v) is 2.89. The lowest BCUT2D eigenvalue weighted by molar-refractivity contribution is 0.214. The van der Waals surface area contributed by atoms with Gasteiger partial charge in [0.05, 0.1) is 12.3 Å². The highest BCUT2D eigenvalue weighted by Gasteiger charge is 2.26. The molecule has 1 atom stereocenters. The van der Waals surface area contributed by atoms with Gasteiger partial charge in [-0.2, -0.15) is 4.31 Å². The number of sulfonamides is 1. The fourth-order valence-electron chi connectivity index (χ4n) is 1.26. The van der Waals surface area contributed by atoms with E-state index in [0.717, 1.165) is 4.31 Å². The first-order valence-electron chi connectivity index (χ1n) is 4.94. The van der Waals surface area contributed by atoms with Gasteiger partial charge in [-0.1, -0.05) is 11.6 Å². The van der Waals surface area contributed by atoms with Crippen LogP contribution in [0.2, 0.25) is 5.02 Å². The van der Waals surface area contributed by atoms with Crippen LogP contribution in [-0.4, -0.2) is 37.5 Å². The van der Waals surface area contributed by atoms with E-state index in [0.29, 0.717) is 5.02 Å². The van der Waals surface area contributed by atoms with E-state index < -0.39 is 16.1 Å². The molecule has 0 saturated carbocycles. The van der Waals surface area contributed by atoms with Gasteiger partial charge in [0.15, 0.2) is 0 Å². The molecule has 0 aromatic heterocycles. The first-order chi connectivity index (χ1) is 7.80. The molecular weight excluding hydrogens is 264 g/mol. The van der Waals surface area contributed by atoms with Gasteiger partial charge in [0.1, 0.15) is 4.90 Å². The van der Waals surface area contributed by atoms with Crippen LogP contribution in [0.3, 0.4) is 0 Å². The molecule has 0 saturated heterocycles. The summed E-state index contributed by atoms with van der Waals surface area (Å²) in [6.45, 7) is 1.34. The number of aliphatic hydroxyl groups excluding tert-OH is 1. The zero-order valence-corrected chi connectivity index (χ0v) is 11.2. The van der Waals surface area contributed by atoms with Gasteiger partial charge in [-0.3, -0.25) is 0 Å². The van der Waals surface area contributed by atoms with Gasteiger partial charge in [0, 0.05) is 18.1 Å². The number of likely N-dealkylation sites (N-methyl/N-ethyl adjacent to an activating group) is 1. The van der Waals surface area contributed by atoms with E-state index in [2.05, 4.69) is 0 Å². The van der Waals surface area contributed by atoms with Crippen molar-refractivity contribution in [2.45, 2.75) is 17.9 Å². The van der Waals surface area contributed by atoms with Crippen molar-refractivity contribution in [2.75, 3.05) is 19.4 Å². The summed E-state index contributed by atoms with van der Waals surface area (Å²) in [4.78, 5) is -0.00954. The summed E-state index contributed by atoms with van der Waals surface area (Å²) >= 11 is 5.71. The van der Waals surface area contributed by atoms with Crippen LogP contribution < -0.4 is 5.73 Å². The van der Waals surface area contributed by atoms with Gasteiger partial charge < -0.3 is 10.8 Å². The highest BCUT2D eigenvalue weighted by Crippen LogP contribution is 2.25. The quantitative estimate of drug-likeness (QED) is 0.803. The number of hydrogen-bond donors (Lipinski definition) is 2. The summed E-state index contributed by atoms with van der Waals surface area (Å²) in [5.74, 6) is 0. The van der Waals surface area contributed by atoms with Crippen molar-refractivity contribution in [1.82, 2.24) is 4.31 Å². The Bertz CT molecular complexity index is 504. The van der Waals surface area contributed by atoms with Gasteiger partial charge in [-0.25, -0.2) is 8.42 Å². The maximum atomic E-state index is 12.2. The Morgan fingerprint density at radius 1 is 1.53 bits per heavy atom. The fraction of sp³-hybridized carbons (Fsp3) is 0.400. The number of nitrogens with two attached hydrogens (primary N) is 1. The van der Waals surface area contributed by atoms with E-state index in [-0.39, 0.29) is 17.2 Å². The van der Waals surface area contributed by atoms with E-state index >= 15 is 0 Å². The number of nitrogens with zero attached hydrogens (tertiary/aromatic N) is 1. The molecule has 0 bridgehead atoms. The second-order valence-corrected chi connectivity index (χ2v) is 6.14. The minimum absolute atomic E-state index is 0.00954. The Labute approximate surface area is 106 Å². The lowest BCUT2D eigenvalue weighted by Gasteiger charge is -2.23. The second-order valence-electron chi connectivity index (χ2n) is 3.73. The second kappa shape index (κ2) is 5.22. The highest BCUT2D eigenvalue weighted by atomic mass is 35.5. The largest absolute Gasteiger partial charge is 0.398 e. The van der Waals surface area contributed by atoms with Crippen LogP contribution in [0, 0.1) is 0 Å². The van der Waals surface area contributed by atoms with Crippen molar-refractivity contribution < 1.29 is 13.5 Å². The maximum Gasteiger partial charge on any atom is 0.245 e. The number of rotatable bonds is 4. The van der Waals surface area contributed by atoms with Crippen LogP contribution >= 0.6 is 11.6 Å². The van der Waals surface area contributed by atoms with Crippen LogP contribution in [-0.2, 0) is 10.0 Å². The van der Waals surface area contributed by atoms with Crippen molar-refractivity contribution in [3.05, 3.63) is 23.2 Å². The van der Waals surface area contributed by atoms with E-state index in [1.807, 2.05) is 0 Å². The van der Waals surface area contributed by atoms with Crippen molar-refractivity contribution >= 4 is 27.3 Å². The summed E-state index contributed by atoms with van der Waals surface area (Å²) < 4.78 is 25.4. The van der Waals surface area contributed by atoms with Crippen molar-refractivity contribution in [2.24, 2.45) is 0 Å². The Balaban J connectivity index is 3.22. The van der Waals surface area contributed by atoms with Crippen LogP contribution in [0.4, 0.5) is 5.69 Å². The lowest BCUT2D eigenvalue weighted by atomic mass is 10.3. The van der Waals surface area contributed by atoms with Crippen molar-refractivity contribution in [3.8, 4) is 0 Å². The number of hydrogen-bond acceptors (Lipinski definition) is 4. The van der Waals surface area contributed by atoms with Gasteiger partial charge in [-0.05, 0) is 25.1 Å². The predicted molar refractivity (Wildman–Crippen MR) is 67.4 cm³/mol. The monoisotopic (exact) mass is 278 g/mol. The number of nitrogen functional groups attached to an aromatic ring is 1. The number of anilines is 1. The number of benzene rings is 1. The highest BCUT2D eigenvalue weighted by molar-refractivity contribution is 7.89. The van der Waals surface area contributed by atoms with E-state index in [1.54, 1.807) is 6.92 Å². The Kier molecular flexibility index (Phi) is 4.37. The lowest BCUT2D eigenvalue weighted by Crippen LogP contribution is -2.37. The normalized spacial score (nSPS) is 13.9. The third kappa shape index (κ3) is 2.90. The molecule has 96 valence electrons. The minimum Gasteiger partial charge on any atom is -0.398 e. The zero-order chi connectivity index (χ0) is 13.2. The van der Waals surface area contributed by atoms with E-state index in [1.165, 1.54) is 25.2 Å². The molecule has 0 aliphatic rings. The molecule has 0 fully saturated rings. The molecule has 0 amide bonds. The van der Waals surface area contributed by atoms with Gasteiger partial charge >= 0.3 is 0 Å². The number of aliphatic hydroxyl groups is 1. The topological polar surface area (TPSA) is 83.6 Å². The molecule has 0 heterocycles. The molecule has 0 spiro atoms. The van der Waals surface area contributed by atoms with Gasteiger partial charge in [0.25, 0.3) is 0 Å². The standard InChI is InChI=1S/C10H15ClN2O3S/c1-7(6-14)13(2)17(15,16)10-4-3-8(11)5-9(10)12/h3-5,7,14H,6,12H2,1-2H3. The molecule has 1 aromatic rings. The van der Waals surface area contributed by atoms with Crippen LogP contribution in [0.1, 0.15) is 6.92 Å². The van der Waals surface area contributed by atoms with E-state index in [9.17, 15) is 8.42 Å². The van der Waals surface area contributed by atoms with Crippen molar-refractivity contribution in [3.63, 3.8) is 0 Å². The average Bonchev–Trinajstić information content (AvgIpc) is 2.26. The molecule has 1 aromatic carbocycles. The average molecular weight is 279 g/mol. The minimum atomic E-state index is -3.71. The zero-order valence-electron chi connectivity index (χ0n) is 9.59. The molecule has 1 unspecified atom stereocenters. The smallest absolute Gasteiger partial charge is 0.245 e. The van der Waals surface area contributed by atoms with Crippen molar-refractivity contribution in [1.29, 1.82) is 0 Å². The van der Waals surface area contributed by atoms with Crippen LogP contribution in [0.25, 0.3) is 0 Å². The Morgan fingerprint density at radius 2 is 2.12 bits per heavy atom. The summed E-state index contributed by atoms with van der Waals surface area (Å²) in [6.07, 6.45) is 0. The molecular formula is C10H15ClN2O3S. The SMILES string of the molecule is CC(CO)N(C)S(=O)(=O)c1ccc(Cl)cc1N. The van der Waals surface area contributed by atoms with Crippen LogP contribution in [0.5, 0.6) is 0 Å². The molecule has 0 radical (unpaired) electrons. The Hall–Kier alpha value is -0.820. The summed E-state index contributed by atoms with van der Waals surface area (Å²) in [5, 5.41) is 9.34. The molecule has 17 heavy (non-hydrogen) atoms. The third-order valence-corrected chi connectivity index (χ3v) is 4.79. The predicted octanol–water partition coefficient (Wildman–Crippen LogP) is 0.924. The summed E-state index contributed by atoms with van der Waals surface area (Å²) in [6, 6.07) is 3.68. The van der Waals surface area contributed by atoms with Gasteiger partial charge in [0.2, 0.25) is 10.0 Å². The molecule has 0 aliphatic carbocycles. The molecule has 3 N–H and O–H groups in total. The maximum absolute atomic E-state index is 12.2.